The Balaban J connectivity index is 0.889. The van der Waals surface area contributed by atoms with Crippen molar-refractivity contribution >= 4 is 29.5 Å². The molecule has 10 heteroatoms. The number of fused-ring (bicyclic) bond motifs is 3. The first-order valence-corrected chi connectivity index (χ1v) is 21.9. The second-order valence-corrected chi connectivity index (χ2v) is 17.9. The molecule has 4 aliphatic rings. The number of carbonyl (C=O) groups is 3. The summed E-state index contributed by atoms with van der Waals surface area (Å²) in [7, 11) is 1.71. The van der Waals surface area contributed by atoms with E-state index >= 15 is 0 Å². The Morgan fingerprint density at radius 1 is 0.796 bits per heavy atom. The van der Waals surface area contributed by atoms with E-state index in [1.165, 1.54) is 68.1 Å². The minimum Gasteiger partial charge on any atom is -0.378 e. The smallest absolute Gasteiger partial charge is 0.246 e. The molecule has 0 spiro atoms. The summed E-state index contributed by atoms with van der Waals surface area (Å²) in [6.45, 7) is 5.87. The number of nitrogens with one attached hydrogen (secondary N) is 3. The lowest BCUT2D eigenvalue weighted by molar-refractivity contribution is -0.144. The van der Waals surface area contributed by atoms with Crippen LogP contribution in [0.15, 0.2) is 48.5 Å². The molecule has 2 saturated heterocycles. The molecular weight excluding hydrogens is 697 g/mol. The summed E-state index contributed by atoms with van der Waals surface area (Å²) >= 11 is 1.72. The Morgan fingerprint density at radius 2 is 1.39 bits per heavy atom. The molecule has 0 bridgehead atoms. The molecule has 0 aromatic heterocycles. The summed E-state index contributed by atoms with van der Waals surface area (Å²) in [6, 6.07) is 15.5. The van der Waals surface area contributed by atoms with E-state index in [4.69, 9.17) is 9.47 Å². The Morgan fingerprint density at radius 3 is 2.04 bits per heavy atom. The zero-order valence-electron chi connectivity index (χ0n) is 32.9. The van der Waals surface area contributed by atoms with Gasteiger partial charge in [-0.25, -0.2) is 0 Å². The summed E-state index contributed by atoms with van der Waals surface area (Å²) in [5.74, 6) is 0.237. The van der Waals surface area contributed by atoms with Gasteiger partial charge in [-0.15, -0.1) is 11.8 Å². The Hall–Kier alpha value is -2.92. The van der Waals surface area contributed by atoms with Crippen molar-refractivity contribution in [3.05, 3.63) is 70.8 Å². The standard InChI is InChI=1S/C44H64N4O5S/c1-44(2)29-39-48(43(51)36(22-25-54-39)46-38(49)30-45-3)41(44)42(50)47-40-35-21-15-14-20-33(35)28-37(40)53-24-17-11-9-7-5-4-6-8-10-16-23-52-34-26-31-18-12-13-19-32(31)27-34/h12-15,18-21,34,36-37,39-41,45H,4-11,16-17,22-30H2,1-3H3,(H,46,49)(H,47,50)/t36-,37+,39-,40-,41+/m0/s1. The molecule has 0 radical (unpaired) electrons. The summed E-state index contributed by atoms with van der Waals surface area (Å²) in [6.07, 6.45) is 16.7. The first kappa shape index (κ1) is 40.7. The minimum atomic E-state index is -0.632. The number of carbonyl (C=O) groups excluding carboxylic acids is 3. The van der Waals surface area contributed by atoms with Crippen LogP contribution in [0, 0.1) is 5.41 Å². The van der Waals surface area contributed by atoms with Gasteiger partial charge in [-0.1, -0.05) is 114 Å². The predicted molar refractivity (Wildman–Crippen MR) is 216 cm³/mol. The fourth-order valence-corrected chi connectivity index (χ4v) is 10.7. The second kappa shape index (κ2) is 19.8. The highest BCUT2D eigenvalue weighted by Crippen LogP contribution is 2.47. The van der Waals surface area contributed by atoms with E-state index in [2.05, 4.69) is 66.2 Å². The van der Waals surface area contributed by atoms with Crippen molar-refractivity contribution in [3.63, 3.8) is 0 Å². The van der Waals surface area contributed by atoms with E-state index in [1.807, 2.05) is 12.1 Å². The van der Waals surface area contributed by atoms with Crippen LogP contribution in [-0.2, 0) is 43.1 Å². The van der Waals surface area contributed by atoms with E-state index in [0.29, 0.717) is 19.1 Å². The van der Waals surface area contributed by atoms with Crippen molar-refractivity contribution < 1.29 is 23.9 Å². The minimum absolute atomic E-state index is 0.0941. The molecule has 3 N–H and O–H groups in total. The van der Waals surface area contributed by atoms with Crippen molar-refractivity contribution in [1.82, 2.24) is 20.9 Å². The second-order valence-electron chi connectivity index (χ2n) is 16.6. The molecule has 0 saturated carbocycles. The number of ether oxygens (including phenoxy) is 2. The summed E-state index contributed by atoms with van der Waals surface area (Å²) in [4.78, 5) is 42.5. The average molecular weight is 761 g/mol. The van der Waals surface area contributed by atoms with Gasteiger partial charge in [0.1, 0.15) is 12.1 Å². The molecule has 2 fully saturated rings. The average Bonchev–Trinajstić information content (AvgIpc) is 3.78. The quantitative estimate of drug-likeness (QED) is 0.130. The first-order valence-electron chi connectivity index (χ1n) is 20.8. The number of amides is 3. The van der Waals surface area contributed by atoms with Crippen molar-refractivity contribution in [3.8, 4) is 0 Å². The van der Waals surface area contributed by atoms with Crippen LogP contribution in [0.25, 0.3) is 0 Å². The van der Waals surface area contributed by atoms with Gasteiger partial charge in [0.05, 0.1) is 30.2 Å². The van der Waals surface area contributed by atoms with Gasteiger partial charge < -0.3 is 30.3 Å². The zero-order valence-corrected chi connectivity index (χ0v) is 33.7. The number of unbranched alkanes of at least 4 members (excludes halogenated alkanes) is 9. The van der Waals surface area contributed by atoms with Gasteiger partial charge in [-0.2, -0.15) is 0 Å². The Kier molecular flexibility index (Phi) is 14.9. The molecule has 5 atom stereocenters. The van der Waals surface area contributed by atoms with Crippen LogP contribution < -0.4 is 16.0 Å². The van der Waals surface area contributed by atoms with Crippen LogP contribution in [0.3, 0.4) is 0 Å². The van der Waals surface area contributed by atoms with Gasteiger partial charge >= 0.3 is 0 Å². The first-order chi connectivity index (χ1) is 26.2. The van der Waals surface area contributed by atoms with Crippen LogP contribution in [0.5, 0.6) is 0 Å². The highest BCUT2D eigenvalue weighted by Gasteiger charge is 2.55. The Bertz CT molecular complexity index is 1530. The fraction of sp³-hybridized carbons (Fsp3) is 0.659. The molecule has 3 amide bonds. The zero-order chi connectivity index (χ0) is 37.9. The molecule has 2 aromatic rings. The van der Waals surface area contributed by atoms with Gasteiger partial charge in [0.2, 0.25) is 17.7 Å². The molecule has 9 nitrogen and oxygen atoms in total. The van der Waals surface area contributed by atoms with Crippen molar-refractivity contribution in [2.24, 2.45) is 5.41 Å². The number of thioether (sulfide) groups is 1. The van der Waals surface area contributed by atoms with Crippen LogP contribution in [0.1, 0.15) is 119 Å². The molecular formula is C44H64N4O5S. The third-order valence-corrected chi connectivity index (χ3v) is 13.2. The normalized spacial score (nSPS) is 24.5. The maximum atomic E-state index is 14.3. The van der Waals surface area contributed by atoms with E-state index < -0.39 is 17.5 Å². The summed E-state index contributed by atoms with van der Waals surface area (Å²) < 4.78 is 12.7. The van der Waals surface area contributed by atoms with Crippen LogP contribution in [0.4, 0.5) is 0 Å². The van der Waals surface area contributed by atoms with Crippen molar-refractivity contribution in [2.75, 3.05) is 32.6 Å². The lowest BCUT2D eigenvalue weighted by Gasteiger charge is -2.35. The van der Waals surface area contributed by atoms with Crippen LogP contribution >= 0.6 is 11.8 Å². The lowest BCUT2D eigenvalue weighted by Crippen LogP contribution is -2.57. The van der Waals surface area contributed by atoms with Gasteiger partial charge in [-0.3, -0.25) is 14.4 Å². The molecule has 2 aliphatic carbocycles. The van der Waals surface area contributed by atoms with Gasteiger partial charge in [0.15, 0.2) is 0 Å². The number of hydrogen-bond donors (Lipinski definition) is 3. The number of hydrogen-bond acceptors (Lipinski definition) is 7. The van der Waals surface area contributed by atoms with E-state index in [0.717, 1.165) is 56.4 Å². The van der Waals surface area contributed by atoms with Crippen molar-refractivity contribution in [1.29, 1.82) is 0 Å². The molecule has 2 aliphatic heterocycles. The SMILES string of the molecule is CNCC(=O)N[C@H]1CCS[C@H]2CC(C)(C)[C@@H](C(=O)N[C@H]3c4ccccc4C[C@H]3OCCCCCCCCCCCCOC3Cc4ccccc4C3)N2C1=O. The van der Waals surface area contributed by atoms with E-state index in [9.17, 15) is 14.4 Å². The number of likely N-dealkylation sites (N-methyl/N-ethyl adjacent to an activating group) is 1. The number of benzene rings is 2. The van der Waals surface area contributed by atoms with Crippen LogP contribution in [-0.4, -0.2) is 84.8 Å². The van der Waals surface area contributed by atoms with Gasteiger partial charge in [-0.05, 0) is 79.0 Å². The van der Waals surface area contributed by atoms with Gasteiger partial charge in [0, 0.05) is 19.6 Å². The molecule has 6 rings (SSSR count). The van der Waals surface area contributed by atoms with E-state index in [1.54, 1.807) is 23.7 Å². The highest BCUT2D eigenvalue weighted by molar-refractivity contribution is 7.99. The van der Waals surface area contributed by atoms with E-state index in [-0.39, 0.29) is 41.8 Å². The third-order valence-electron chi connectivity index (χ3n) is 11.9. The third kappa shape index (κ3) is 10.5. The molecule has 0 unspecified atom stereocenters. The molecule has 2 heterocycles. The largest absolute Gasteiger partial charge is 0.378 e. The van der Waals surface area contributed by atoms with Crippen molar-refractivity contribution in [2.45, 2.75) is 146 Å². The Labute approximate surface area is 327 Å². The molecule has 54 heavy (non-hydrogen) atoms. The highest BCUT2D eigenvalue weighted by atomic mass is 32.2. The fourth-order valence-electron chi connectivity index (χ4n) is 9.11. The molecule has 296 valence electrons. The number of nitrogens with zero attached hydrogens (tertiary/aromatic N) is 1. The number of rotatable bonds is 20. The van der Waals surface area contributed by atoms with Crippen LogP contribution in [0.2, 0.25) is 0 Å². The lowest BCUT2D eigenvalue weighted by atomic mass is 9.83. The monoisotopic (exact) mass is 760 g/mol. The maximum absolute atomic E-state index is 14.3. The molecule has 2 aromatic carbocycles. The topological polar surface area (TPSA) is 109 Å². The maximum Gasteiger partial charge on any atom is 0.246 e. The predicted octanol–water partition coefficient (Wildman–Crippen LogP) is 6.66. The summed E-state index contributed by atoms with van der Waals surface area (Å²) in [5, 5.41) is 9.04. The van der Waals surface area contributed by atoms with Gasteiger partial charge in [0.25, 0.3) is 0 Å². The summed E-state index contributed by atoms with van der Waals surface area (Å²) in [5.41, 5.74) is 4.81.